The highest BCUT2D eigenvalue weighted by atomic mass is 16.5. The van der Waals surface area contributed by atoms with Crippen molar-refractivity contribution in [2.75, 3.05) is 19.8 Å². The van der Waals surface area contributed by atoms with E-state index in [0.717, 1.165) is 11.1 Å². The van der Waals surface area contributed by atoms with Gasteiger partial charge in [-0.15, -0.1) is 0 Å². The highest BCUT2D eigenvalue weighted by Crippen LogP contribution is 2.25. The first kappa shape index (κ1) is 13.9. The van der Waals surface area contributed by atoms with Crippen LogP contribution in [0.5, 0.6) is 0 Å². The zero-order valence-corrected chi connectivity index (χ0v) is 11.5. The third-order valence-corrected chi connectivity index (χ3v) is 3.62. The van der Waals surface area contributed by atoms with E-state index in [1.54, 1.807) is 6.07 Å². The third-order valence-electron chi connectivity index (χ3n) is 3.62. The van der Waals surface area contributed by atoms with Crippen LogP contribution >= 0.6 is 0 Å². The van der Waals surface area contributed by atoms with Crippen molar-refractivity contribution < 1.29 is 19.1 Å². The molecule has 1 aliphatic rings. The minimum atomic E-state index is -0.977. The van der Waals surface area contributed by atoms with E-state index in [2.05, 4.69) is 5.32 Å². The molecule has 1 aromatic heterocycles. The van der Waals surface area contributed by atoms with Crippen LogP contribution in [0.1, 0.15) is 17.0 Å². The number of carbonyl (C=O) groups is 1. The van der Waals surface area contributed by atoms with E-state index >= 15 is 0 Å². The van der Waals surface area contributed by atoms with Crippen molar-refractivity contribution in [2.24, 2.45) is 0 Å². The van der Waals surface area contributed by atoms with Gasteiger partial charge in [-0.3, -0.25) is 4.79 Å². The van der Waals surface area contributed by atoms with Gasteiger partial charge in [0.2, 0.25) is 0 Å². The Morgan fingerprint density at radius 2 is 2.10 bits per heavy atom. The fourth-order valence-corrected chi connectivity index (χ4v) is 2.39. The summed E-state index contributed by atoms with van der Waals surface area (Å²) in [5, 5.41) is 12.9. The van der Waals surface area contributed by atoms with E-state index in [1.807, 2.05) is 30.3 Å². The predicted octanol–water partition coefficient (Wildman–Crippen LogP) is 1.83. The molecule has 0 spiro atoms. The standard InChI is InChI=1S/C16H17NO4/c18-15(17-10-16(19)7-9-20-11-16)14-13(6-8-21-14)12-4-2-1-3-5-12/h1-6,8,19H,7,9-11H2,(H,17,18). The van der Waals surface area contributed by atoms with E-state index in [4.69, 9.17) is 9.15 Å². The summed E-state index contributed by atoms with van der Waals surface area (Å²) >= 11 is 0. The van der Waals surface area contributed by atoms with Crippen molar-refractivity contribution >= 4 is 5.91 Å². The minimum Gasteiger partial charge on any atom is -0.459 e. The number of benzene rings is 1. The monoisotopic (exact) mass is 287 g/mol. The van der Waals surface area contributed by atoms with Gasteiger partial charge in [0.1, 0.15) is 5.60 Å². The first-order chi connectivity index (χ1) is 10.2. The number of furan rings is 1. The molecule has 1 aliphatic heterocycles. The molecule has 0 saturated carbocycles. The van der Waals surface area contributed by atoms with Crippen molar-refractivity contribution in [3.8, 4) is 11.1 Å². The quantitative estimate of drug-likeness (QED) is 0.900. The Kier molecular flexibility index (Phi) is 3.77. The molecule has 21 heavy (non-hydrogen) atoms. The Balaban J connectivity index is 1.72. The molecule has 1 unspecified atom stereocenters. The number of carbonyl (C=O) groups excluding carboxylic acids is 1. The zero-order valence-electron chi connectivity index (χ0n) is 11.5. The molecule has 2 aromatic rings. The van der Waals surface area contributed by atoms with Gasteiger partial charge in [0.25, 0.3) is 5.91 Å². The lowest BCUT2D eigenvalue weighted by molar-refractivity contribution is 0.0261. The Morgan fingerprint density at radius 1 is 1.29 bits per heavy atom. The largest absolute Gasteiger partial charge is 0.459 e. The van der Waals surface area contributed by atoms with Crippen LogP contribution < -0.4 is 5.32 Å². The summed E-state index contributed by atoms with van der Waals surface area (Å²) in [6, 6.07) is 11.3. The number of ether oxygens (including phenoxy) is 1. The molecule has 1 amide bonds. The number of hydrogen-bond acceptors (Lipinski definition) is 4. The summed E-state index contributed by atoms with van der Waals surface area (Å²) in [4.78, 5) is 12.2. The Bertz CT molecular complexity index is 614. The molecule has 5 nitrogen and oxygen atoms in total. The second-order valence-electron chi connectivity index (χ2n) is 5.24. The molecule has 0 bridgehead atoms. The summed E-state index contributed by atoms with van der Waals surface area (Å²) < 4.78 is 10.5. The van der Waals surface area contributed by atoms with Crippen molar-refractivity contribution in [2.45, 2.75) is 12.0 Å². The molecule has 5 heteroatoms. The van der Waals surface area contributed by atoms with Gasteiger partial charge in [0, 0.05) is 25.1 Å². The first-order valence-electron chi connectivity index (χ1n) is 6.89. The summed E-state index contributed by atoms with van der Waals surface area (Å²) in [6.07, 6.45) is 2.02. The van der Waals surface area contributed by atoms with Crippen molar-refractivity contribution in [1.82, 2.24) is 5.32 Å². The number of aliphatic hydroxyl groups is 1. The molecule has 2 N–H and O–H groups in total. The fourth-order valence-electron chi connectivity index (χ4n) is 2.39. The second-order valence-corrected chi connectivity index (χ2v) is 5.24. The Labute approximate surface area is 122 Å². The van der Waals surface area contributed by atoms with Crippen LogP contribution in [0, 0.1) is 0 Å². The summed E-state index contributed by atoms with van der Waals surface area (Å²) in [7, 11) is 0. The maximum atomic E-state index is 12.2. The maximum absolute atomic E-state index is 12.2. The molecule has 3 rings (SSSR count). The van der Waals surface area contributed by atoms with Gasteiger partial charge in [-0.25, -0.2) is 0 Å². The minimum absolute atomic E-state index is 0.154. The van der Waals surface area contributed by atoms with Crippen LogP contribution in [0.3, 0.4) is 0 Å². The van der Waals surface area contributed by atoms with Crippen LogP contribution in [-0.2, 0) is 4.74 Å². The summed E-state index contributed by atoms with van der Waals surface area (Å²) in [6.45, 7) is 0.917. The number of nitrogens with one attached hydrogen (secondary N) is 1. The normalized spacial score (nSPS) is 21.4. The van der Waals surface area contributed by atoms with Gasteiger partial charge in [-0.1, -0.05) is 30.3 Å². The average molecular weight is 287 g/mol. The lowest BCUT2D eigenvalue weighted by Crippen LogP contribution is -2.43. The van der Waals surface area contributed by atoms with Crippen molar-refractivity contribution in [1.29, 1.82) is 0 Å². The highest BCUT2D eigenvalue weighted by Gasteiger charge is 2.33. The predicted molar refractivity (Wildman–Crippen MR) is 76.9 cm³/mol. The molecular weight excluding hydrogens is 270 g/mol. The molecule has 110 valence electrons. The topological polar surface area (TPSA) is 71.7 Å². The second kappa shape index (κ2) is 5.71. The SMILES string of the molecule is O=C(NCC1(O)CCOC1)c1occc1-c1ccccc1. The van der Waals surface area contributed by atoms with Gasteiger partial charge >= 0.3 is 0 Å². The Morgan fingerprint density at radius 3 is 2.81 bits per heavy atom. The molecule has 1 aromatic carbocycles. The number of rotatable bonds is 4. The average Bonchev–Trinajstić information content (AvgIpc) is 3.15. The maximum Gasteiger partial charge on any atom is 0.287 e. The van der Waals surface area contributed by atoms with Crippen LogP contribution in [0.15, 0.2) is 47.1 Å². The van der Waals surface area contributed by atoms with Crippen molar-refractivity contribution in [3.63, 3.8) is 0 Å². The molecule has 0 aliphatic carbocycles. The summed E-state index contributed by atoms with van der Waals surface area (Å²) in [5.74, 6) is -0.0807. The lowest BCUT2D eigenvalue weighted by Gasteiger charge is -2.20. The van der Waals surface area contributed by atoms with Gasteiger partial charge < -0.3 is 19.6 Å². The molecule has 1 atom stereocenters. The van der Waals surface area contributed by atoms with E-state index in [1.165, 1.54) is 6.26 Å². The van der Waals surface area contributed by atoms with Crippen LogP contribution in [0.4, 0.5) is 0 Å². The summed E-state index contributed by atoms with van der Waals surface area (Å²) in [5.41, 5.74) is 0.678. The molecule has 1 fully saturated rings. The van der Waals surface area contributed by atoms with Gasteiger partial charge in [-0.2, -0.15) is 0 Å². The van der Waals surface area contributed by atoms with Crippen LogP contribution in [-0.4, -0.2) is 36.4 Å². The zero-order chi connectivity index (χ0) is 14.7. The van der Waals surface area contributed by atoms with Gasteiger partial charge in [0.05, 0.1) is 12.9 Å². The third kappa shape index (κ3) is 2.99. The Hall–Kier alpha value is -2.11. The van der Waals surface area contributed by atoms with E-state index < -0.39 is 5.60 Å². The molecular formula is C16H17NO4. The van der Waals surface area contributed by atoms with E-state index in [0.29, 0.717) is 13.0 Å². The van der Waals surface area contributed by atoms with Crippen LogP contribution in [0.25, 0.3) is 11.1 Å². The highest BCUT2D eigenvalue weighted by molar-refractivity contribution is 5.98. The van der Waals surface area contributed by atoms with E-state index in [9.17, 15) is 9.90 Å². The van der Waals surface area contributed by atoms with Crippen LogP contribution in [0.2, 0.25) is 0 Å². The molecule has 2 heterocycles. The van der Waals surface area contributed by atoms with Crippen molar-refractivity contribution in [3.05, 3.63) is 48.4 Å². The van der Waals surface area contributed by atoms with Gasteiger partial charge in [-0.05, 0) is 11.6 Å². The number of hydrogen-bond donors (Lipinski definition) is 2. The first-order valence-corrected chi connectivity index (χ1v) is 6.89. The smallest absolute Gasteiger partial charge is 0.287 e. The molecule has 1 saturated heterocycles. The number of amides is 1. The van der Waals surface area contributed by atoms with Gasteiger partial charge in [0.15, 0.2) is 5.76 Å². The fraction of sp³-hybridized carbons (Fsp3) is 0.312. The van der Waals surface area contributed by atoms with E-state index in [-0.39, 0.29) is 24.8 Å². The lowest BCUT2D eigenvalue weighted by atomic mass is 10.0. The molecule has 0 radical (unpaired) electrons.